The molecule has 32 heavy (non-hydrogen) atoms. The number of nitrogens with zero attached hydrogens (tertiary/aromatic N) is 2. The van der Waals surface area contributed by atoms with Crippen molar-refractivity contribution >= 4 is 11.7 Å². The lowest BCUT2D eigenvalue weighted by Gasteiger charge is -2.18. The molecule has 0 bridgehead atoms. The van der Waals surface area contributed by atoms with Crippen LogP contribution in [0.1, 0.15) is 52.7 Å². The lowest BCUT2D eigenvalue weighted by Crippen LogP contribution is -2.09. The van der Waals surface area contributed by atoms with Crippen LogP contribution in [-0.2, 0) is 11.2 Å². The van der Waals surface area contributed by atoms with Crippen LogP contribution in [0.2, 0.25) is 0 Å². The number of aliphatic carboxylic acids is 1. The third-order valence-electron chi connectivity index (χ3n) is 6.69. The predicted octanol–water partition coefficient (Wildman–Crippen LogP) is 5.36. The number of carbonyl (C=O) groups is 1. The van der Waals surface area contributed by atoms with Gasteiger partial charge >= 0.3 is 5.97 Å². The fourth-order valence-electron chi connectivity index (χ4n) is 4.87. The second kappa shape index (κ2) is 7.76. The van der Waals surface area contributed by atoms with E-state index in [1.54, 1.807) is 12.3 Å². The van der Waals surface area contributed by atoms with Crippen LogP contribution in [0.25, 0.3) is 11.1 Å². The number of hydrogen-bond donors (Lipinski definition) is 2. The number of rotatable bonds is 5. The predicted molar refractivity (Wildman–Crippen MR) is 119 cm³/mol. The zero-order valence-corrected chi connectivity index (χ0v) is 17.6. The van der Waals surface area contributed by atoms with Crippen molar-refractivity contribution in [2.24, 2.45) is 5.92 Å². The molecule has 1 saturated carbocycles. The molecule has 0 aliphatic heterocycles. The van der Waals surface area contributed by atoms with Crippen molar-refractivity contribution in [2.75, 3.05) is 5.32 Å². The van der Waals surface area contributed by atoms with Crippen molar-refractivity contribution in [3.05, 3.63) is 82.4 Å². The van der Waals surface area contributed by atoms with Gasteiger partial charge in [-0.3, -0.25) is 9.78 Å². The van der Waals surface area contributed by atoms with Gasteiger partial charge in [0.15, 0.2) is 0 Å². The van der Waals surface area contributed by atoms with Gasteiger partial charge in [0.2, 0.25) is 0 Å². The average Bonchev–Trinajstić information content (AvgIpc) is 3.49. The van der Waals surface area contributed by atoms with Crippen LogP contribution < -0.4 is 5.32 Å². The number of nitriles is 1. The number of carboxylic acids is 1. The number of benzene rings is 2. The van der Waals surface area contributed by atoms with Crippen molar-refractivity contribution in [3.8, 4) is 17.2 Å². The minimum Gasteiger partial charge on any atom is -0.481 e. The van der Waals surface area contributed by atoms with E-state index < -0.39 is 5.97 Å². The maximum absolute atomic E-state index is 14.9. The smallest absolute Gasteiger partial charge is 0.307 e. The van der Waals surface area contributed by atoms with Crippen molar-refractivity contribution < 1.29 is 14.3 Å². The fourth-order valence-corrected chi connectivity index (χ4v) is 4.87. The molecule has 2 aliphatic rings. The number of aromatic nitrogens is 1. The molecule has 1 aromatic heterocycles. The standard InChI is InChI=1S/C26H22FN3O2/c1-14-15(12-28)3-2-4-17(14)18-6-8-22(27)25-19(18)7-10-24(25)30-16-5-9-23(29-13-16)20-11-21(20)26(31)32/h2-6,8-9,13,20-21,24,30H,7,10-11H2,1H3,(H,31,32)/t20-,21-,24+/m0/s1. The highest BCUT2D eigenvalue weighted by molar-refractivity contribution is 5.76. The number of carboxylic acid groups (broad SMARTS) is 1. The Labute approximate surface area is 185 Å². The molecule has 3 atom stereocenters. The Bertz CT molecular complexity index is 1260. The maximum atomic E-state index is 14.9. The van der Waals surface area contributed by atoms with E-state index in [4.69, 9.17) is 5.11 Å². The van der Waals surface area contributed by atoms with Crippen LogP contribution in [0.5, 0.6) is 0 Å². The van der Waals surface area contributed by atoms with Gasteiger partial charge in [0.1, 0.15) is 5.82 Å². The molecule has 2 aromatic carbocycles. The first-order chi connectivity index (χ1) is 15.5. The summed E-state index contributed by atoms with van der Waals surface area (Å²) < 4.78 is 14.9. The van der Waals surface area contributed by atoms with Crippen LogP contribution in [0.4, 0.5) is 10.1 Å². The Morgan fingerprint density at radius 3 is 2.75 bits per heavy atom. The van der Waals surface area contributed by atoms with Gasteiger partial charge in [-0.05, 0) is 72.7 Å². The van der Waals surface area contributed by atoms with Crippen LogP contribution in [0, 0.1) is 30.0 Å². The highest BCUT2D eigenvalue weighted by Gasteiger charge is 2.45. The van der Waals surface area contributed by atoms with Gasteiger partial charge in [0, 0.05) is 17.2 Å². The zero-order valence-electron chi connectivity index (χ0n) is 17.6. The molecular formula is C26H22FN3O2. The van der Waals surface area contributed by atoms with E-state index in [1.807, 2.05) is 37.3 Å². The van der Waals surface area contributed by atoms with E-state index in [2.05, 4.69) is 16.4 Å². The minimum atomic E-state index is -0.775. The van der Waals surface area contributed by atoms with Gasteiger partial charge in [-0.1, -0.05) is 18.2 Å². The van der Waals surface area contributed by atoms with Crippen LogP contribution in [-0.4, -0.2) is 16.1 Å². The summed E-state index contributed by atoms with van der Waals surface area (Å²) in [5, 5.41) is 21.9. The van der Waals surface area contributed by atoms with Crippen molar-refractivity contribution in [1.82, 2.24) is 4.98 Å². The molecule has 0 amide bonds. The fraction of sp³-hybridized carbons (Fsp3) is 0.269. The highest BCUT2D eigenvalue weighted by Crippen LogP contribution is 2.47. The number of pyridine rings is 1. The number of anilines is 1. The van der Waals surface area contributed by atoms with Gasteiger partial charge in [-0.15, -0.1) is 0 Å². The summed E-state index contributed by atoms with van der Waals surface area (Å²) in [6.45, 7) is 1.93. The lowest BCUT2D eigenvalue weighted by molar-refractivity contribution is -0.138. The molecule has 1 heterocycles. The first-order valence-electron chi connectivity index (χ1n) is 10.7. The molecule has 1 fully saturated rings. The quantitative estimate of drug-likeness (QED) is 0.573. The highest BCUT2D eigenvalue weighted by atomic mass is 19.1. The Morgan fingerprint density at radius 2 is 2.06 bits per heavy atom. The molecule has 3 aromatic rings. The summed E-state index contributed by atoms with van der Waals surface area (Å²) in [4.78, 5) is 15.5. The van der Waals surface area contributed by atoms with E-state index in [1.165, 1.54) is 6.07 Å². The molecule has 2 N–H and O–H groups in total. The number of fused-ring (bicyclic) bond motifs is 1. The van der Waals surface area contributed by atoms with E-state index in [9.17, 15) is 14.4 Å². The summed E-state index contributed by atoms with van der Waals surface area (Å²) in [5.74, 6) is -1.36. The summed E-state index contributed by atoms with van der Waals surface area (Å²) in [6.07, 6.45) is 3.83. The summed E-state index contributed by atoms with van der Waals surface area (Å²) in [6, 6.07) is 14.8. The van der Waals surface area contributed by atoms with Crippen LogP contribution >= 0.6 is 0 Å². The molecular weight excluding hydrogens is 405 g/mol. The molecule has 2 aliphatic carbocycles. The average molecular weight is 427 g/mol. The van der Waals surface area contributed by atoms with Crippen LogP contribution in [0.15, 0.2) is 48.7 Å². The molecule has 0 saturated heterocycles. The Balaban J connectivity index is 1.42. The molecule has 0 unspecified atom stereocenters. The van der Waals surface area contributed by atoms with Crippen molar-refractivity contribution in [2.45, 2.75) is 38.1 Å². The third-order valence-corrected chi connectivity index (χ3v) is 6.69. The molecule has 0 spiro atoms. The van der Waals surface area contributed by atoms with Gasteiger partial charge < -0.3 is 10.4 Å². The van der Waals surface area contributed by atoms with Gasteiger partial charge in [-0.2, -0.15) is 5.26 Å². The topological polar surface area (TPSA) is 86.0 Å². The third kappa shape index (κ3) is 3.40. The number of hydrogen-bond acceptors (Lipinski definition) is 4. The van der Waals surface area contributed by atoms with E-state index in [-0.39, 0.29) is 23.7 Å². The zero-order chi connectivity index (χ0) is 22.4. The van der Waals surface area contributed by atoms with Gasteiger partial charge in [-0.25, -0.2) is 4.39 Å². The SMILES string of the molecule is Cc1c(C#N)cccc1-c1ccc(F)c2c1CC[C@H]2Nc1ccc([C@H]2C[C@@H]2C(=O)O)nc1. The molecule has 160 valence electrons. The maximum Gasteiger partial charge on any atom is 0.307 e. The minimum absolute atomic E-state index is 0.0128. The molecule has 6 heteroatoms. The van der Waals surface area contributed by atoms with Crippen LogP contribution in [0.3, 0.4) is 0 Å². The Morgan fingerprint density at radius 1 is 1.22 bits per heavy atom. The second-order valence-corrected chi connectivity index (χ2v) is 8.57. The van der Waals surface area contributed by atoms with Gasteiger partial charge in [0.05, 0.1) is 35.5 Å². The lowest BCUT2D eigenvalue weighted by atomic mass is 9.91. The van der Waals surface area contributed by atoms with Crippen molar-refractivity contribution in [3.63, 3.8) is 0 Å². The Hall–Kier alpha value is -3.72. The monoisotopic (exact) mass is 427 g/mol. The first-order valence-corrected chi connectivity index (χ1v) is 10.7. The summed E-state index contributed by atoms with van der Waals surface area (Å²) in [7, 11) is 0. The normalized spacial score (nSPS) is 21.0. The van der Waals surface area contributed by atoms with E-state index in [0.29, 0.717) is 17.5 Å². The van der Waals surface area contributed by atoms with E-state index in [0.717, 1.165) is 46.5 Å². The molecule has 5 rings (SSSR count). The second-order valence-electron chi connectivity index (χ2n) is 8.57. The Kier molecular flexibility index (Phi) is 4.90. The first kappa shape index (κ1) is 20.2. The number of nitrogens with one attached hydrogen (secondary N) is 1. The summed E-state index contributed by atoms with van der Waals surface area (Å²) in [5.41, 5.74) is 6.68. The number of halogens is 1. The van der Waals surface area contributed by atoms with E-state index >= 15 is 0 Å². The largest absolute Gasteiger partial charge is 0.481 e. The van der Waals surface area contributed by atoms with Gasteiger partial charge in [0.25, 0.3) is 0 Å². The molecule has 0 radical (unpaired) electrons. The molecule has 5 nitrogen and oxygen atoms in total. The van der Waals surface area contributed by atoms with Crippen molar-refractivity contribution in [1.29, 1.82) is 5.26 Å². The summed E-state index contributed by atoms with van der Waals surface area (Å²) >= 11 is 0.